The summed E-state index contributed by atoms with van der Waals surface area (Å²) in [6.07, 6.45) is 0.00917. The van der Waals surface area contributed by atoms with E-state index in [0.717, 1.165) is 43.9 Å². The average molecular weight is 520 g/mol. The quantitative estimate of drug-likeness (QED) is 0.364. The van der Waals surface area contributed by atoms with Crippen LogP contribution in [-0.2, 0) is 16.1 Å². The molecule has 0 amide bonds. The third kappa shape index (κ3) is 5.16. The van der Waals surface area contributed by atoms with Gasteiger partial charge in [-0.2, -0.15) is 0 Å². The molecule has 1 aromatic heterocycles. The minimum absolute atomic E-state index is 0.0586. The van der Waals surface area contributed by atoms with Gasteiger partial charge in [-0.05, 0) is 44.5 Å². The van der Waals surface area contributed by atoms with E-state index in [1.165, 1.54) is 12.1 Å². The fourth-order valence-electron chi connectivity index (χ4n) is 5.47. The summed E-state index contributed by atoms with van der Waals surface area (Å²) in [5, 5.41) is 4.18. The van der Waals surface area contributed by atoms with E-state index in [2.05, 4.69) is 21.4 Å². The van der Waals surface area contributed by atoms with Crippen molar-refractivity contribution in [2.75, 3.05) is 27.2 Å². The largest absolute Gasteiger partial charge is 0.573 e. The van der Waals surface area contributed by atoms with Crippen molar-refractivity contribution in [3.05, 3.63) is 59.9 Å². The van der Waals surface area contributed by atoms with Crippen LogP contribution >= 0.6 is 0 Å². The van der Waals surface area contributed by atoms with E-state index < -0.39 is 6.36 Å². The second kappa shape index (κ2) is 9.96. The molecule has 2 aliphatic carbocycles. The first-order chi connectivity index (χ1) is 17.7. The number of methoxy groups -OCH3 is 1. The number of benzene rings is 1. The number of halogens is 3. The summed E-state index contributed by atoms with van der Waals surface area (Å²) < 4.78 is 61.2. The van der Waals surface area contributed by atoms with E-state index in [-0.39, 0.29) is 29.9 Å². The van der Waals surface area contributed by atoms with Crippen molar-refractivity contribution >= 4 is 0 Å². The number of para-hydroxylation sites is 1. The van der Waals surface area contributed by atoms with Crippen molar-refractivity contribution in [3.63, 3.8) is 0 Å². The van der Waals surface area contributed by atoms with Crippen LogP contribution in [0, 0.1) is 11.8 Å². The number of aromatic nitrogens is 1. The minimum Gasteiger partial charge on any atom is -0.481 e. The SMILES string of the molecule is C=CN(C)/C(C)=C(\OC)N1CC2CC(C1)C2OCc1c(-c2ccccc2OC(F)(F)F)noc1C1CC1. The molecule has 0 spiro atoms. The summed E-state index contributed by atoms with van der Waals surface area (Å²) in [7, 11) is 3.61. The summed E-state index contributed by atoms with van der Waals surface area (Å²) in [6, 6.07) is 6.01. The number of ether oxygens (including phenoxy) is 3. The predicted molar refractivity (Wildman–Crippen MR) is 130 cm³/mol. The van der Waals surface area contributed by atoms with Crippen LogP contribution in [0.5, 0.6) is 5.75 Å². The van der Waals surface area contributed by atoms with E-state index in [1.54, 1.807) is 25.4 Å². The first-order valence-corrected chi connectivity index (χ1v) is 12.5. The summed E-state index contributed by atoms with van der Waals surface area (Å²) >= 11 is 0. The van der Waals surface area contributed by atoms with Crippen LogP contribution in [-0.4, -0.2) is 54.7 Å². The molecule has 3 heterocycles. The van der Waals surface area contributed by atoms with Crippen molar-refractivity contribution in [3.8, 4) is 17.0 Å². The van der Waals surface area contributed by atoms with Gasteiger partial charge in [0.1, 0.15) is 17.2 Å². The highest BCUT2D eigenvalue weighted by Gasteiger charge is 2.49. The molecule has 2 saturated heterocycles. The second-order valence-corrected chi connectivity index (χ2v) is 10.0. The van der Waals surface area contributed by atoms with Crippen molar-refractivity contribution in [2.45, 2.75) is 51.2 Å². The zero-order valence-corrected chi connectivity index (χ0v) is 21.3. The Hall–Kier alpha value is -3.14. The Morgan fingerprint density at radius 1 is 1.24 bits per heavy atom. The van der Waals surface area contributed by atoms with Crippen molar-refractivity contribution in [1.29, 1.82) is 0 Å². The molecular weight excluding hydrogens is 487 g/mol. The number of allylic oxidation sites excluding steroid dienone is 1. The molecule has 4 fully saturated rings. The van der Waals surface area contributed by atoms with Crippen molar-refractivity contribution in [2.24, 2.45) is 11.8 Å². The van der Waals surface area contributed by atoms with E-state index in [1.807, 2.05) is 18.9 Å². The standard InChI is InChI=1S/C27H32F3N3O4/c1-5-32(3)16(2)26(34-4)33-13-18-12-19(14-33)24(18)35-15-21-23(31-37-25(21)17-10-11-17)20-8-6-7-9-22(20)36-27(28,29)30/h5-9,17-19,24H,1,10-15H2,2-4H3/b26-16-. The van der Waals surface area contributed by atoms with E-state index in [9.17, 15) is 13.2 Å². The highest BCUT2D eigenvalue weighted by molar-refractivity contribution is 5.70. The zero-order chi connectivity index (χ0) is 26.3. The minimum atomic E-state index is -4.81. The zero-order valence-electron chi connectivity index (χ0n) is 21.3. The third-order valence-electron chi connectivity index (χ3n) is 7.59. The summed E-state index contributed by atoms with van der Waals surface area (Å²) in [4.78, 5) is 4.18. The highest BCUT2D eigenvalue weighted by Crippen LogP contribution is 2.48. The molecule has 10 heteroatoms. The molecule has 2 bridgehead atoms. The topological polar surface area (TPSA) is 60.2 Å². The van der Waals surface area contributed by atoms with Gasteiger partial charge in [0.15, 0.2) is 0 Å². The normalized spacial score (nSPS) is 23.7. The van der Waals surface area contributed by atoms with Gasteiger partial charge in [0.25, 0.3) is 0 Å². The fraction of sp³-hybridized carbons (Fsp3) is 0.519. The Morgan fingerprint density at radius 3 is 2.57 bits per heavy atom. The number of alkyl halides is 3. The Kier molecular flexibility index (Phi) is 6.87. The van der Waals surface area contributed by atoms with Gasteiger partial charge in [-0.15, -0.1) is 13.2 Å². The lowest BCUT2D eigenvalue weighted by molar-refractivity contribution is -0.274. The average Bonchev–Trinajstić information content (AvgIpc) is 3.63. The van der Waals surface area contributed by atoms with Gasteiger partial charge in [-0.1, -0.05) is 23.9 Å². The number of nitrogens with zero attached hydrogens (tertiary/aromatic N) is 3. The maximum absolute atomic E-state index is 13.0. The molecule has 0 radical (unpaired) electrons. The number of fused-ring (bicyclic) bond motifs is 2. The van der Waals surface area contributed by atoms with Crippen LogP contribution in [0.3, 0.4) is 0 Å². The lowest BCUT2D eigenvalue weighted by Crippen LogP contribution is -2.59. The Morgan fingerprint density at radius 2 is 1.95 bits per heavy atom. The Balaban J connectivity index is 1.33. The molecule has 2 atom stereocenters. The lowest BCUT2D eigenvalue weighted by Gasteiger charge is -2.53. The molecule has 6 rings (SSSR count). The van der Waals surface area contributed by atoms with Crippen LogP contribution in [0.25, 0.3) is 11.3 Å². The first kappa shape index (κ1) is 25.5. The predicted octanol–water partition coefficient (Wildman–Crippen LogP) is 5.87. The number of hydrogen-bond acceptors (Lipinski definition) is 7. The lowest BCUT2D eigenvalue weighted by atomic mass is 9.68. The summed E-state index contributed by atoms with van der Waals surface area (Å²) in [6.45, 7) is 7.67. The number of piperidine rings is 2. The Bertz CT molecular complexity index is 1160. The summed E-state index contributed by atoms with van der Waals surface area (Å²) in [5.74, 6) is 2.12. The van der Waals surface area contributed by atoms with Gasteiger partial charge in [-0.25, -0.2) is 0 Å². The Labute approximate surface area is 214 Å². The van der Waals surface area contributed by atoms with Crippen LogP contribution in [0.15, 0.2) is 53.1 Å². The van der Waals surface area contributed by atoms with Crippen LogP contribution in [0.2, 0.25) is 0 Å². The van der Waals surface area contributed by atoms with Gasteiger partial charge in [0.05, 0.1) is 25.5 Å². The maximum Gasteiger partial charge on any atom is 0.573 e. The third-order valence-corrected chi connectivity index (χ3v) is 7.59. The molecule has 2 aromatic rings. The molecule has 2 saturated carbocycles. The molecule has 0 N–H and O–H groups in total. The van der Waals surface area contributed by atoms with Gasteiger partial charge in [-0.3, -0.25) is 0 Å². The van der Waals surface area contributed by atoms with Crippen LogP contribution in [0.1, 0.15) is 43.4 Å². The molecule has 2 unspecified atom stereocenters. The van der Waals surface area contributed by atoms with Crippen LogP contribution < -0.4 is 4.74 Å². The molecule has 1 aromatic carbocycles. The highest BCUT2D eigenvalue weighted by atomic mass is 19.4. The van der Waals surface area contributed by atoms with Gasteiger partial charge >= 0.3 is 6.36 Å². The van der Waals surface area contributed by atoms with Crippen molar-refractivity contribution in [1.82, 2.24) is 15.0 Å². The monoisotopic (exact) mass is 519 g/mol. The second-order valence-electron chi connectivity index (χ2n) is 10.0. The molecule has 2 aliphatic heterocycles. The first-order valence-electron chi connectivity index (χ1n) is 12.5. The molecule has 200 valence electrons. The van der Waals surface area contributed by atoms with Gasteiger partial charge in [0, 0.05) is 49.0 Å². The molecule has 37 heavy (non-hydrogen) atoms. The molecule has 4 aliphatic rings. The van der Waals surface area contributed by atoms with E-state index in [0.29, 0.717) is 28.9 Å². The maximum atomic E-state index is 13.0. The smallest absolute Gasteiger partial charge is 0.481 e. The van der Waals surface area contributed by atoms with E-state index in [4.69, 9.17) is 14.0 Å². The number of rotatable bonds is 10. The van der Waals surface area contributed by atoms with Gasteiger partial charge in [0.2, 0.25) is 5.88 Å². The summed E-state index contributed by atoms with van der Waals surface area (Å²) in [5.41, 5.74) is 2.29. The fourth-order valence-corrected chi connectivity index (χ4v) is 5.47. The molecule has 7 nitrogen and oxygen atoms in total. The van der Waals surface area contributed by atoms with Crippen LogP contribution in [0.4, 0.5) is 13.2 Å². The van der Waals surface area contributed by atoms with Crippen molar-refractivity contribution < 1.29 is 31.9 Å². The number of hydrogen-bond donors (Lipinski definition) is 0. The van der Waals surface area contributed by atoms with E-state index >= 15 is 0 Å². The molecular formula is C27H32F3N3O4. The van der Waals surface area contributed by atoms with Gasteiger partial charge < -0.3 is 28.5 Å².